The molecule has 30 heavy (non-hydrogen) atoms. The van der Waals surface area contributed by atoms with Crippen LogP contribution in [-0.2, 0) is 22.7 Å². The van der Waals surface area contributed by atoms with Gasteiger partial charge in [-0.1, -0.05) is 60.7 Å². The number of carbonyl (C=O) groups excluding carboxylic acids is 2. The topological polar surface area (TPSA) is 79.3 Å². The van der Waals surface area contributed by atoms with Gasteiger partial charge in [0.1, 0.15) is 13.2 Å². The second kappa shape index (κ2) is 10.6. The van der Waals surface area contributed by atoms with Crippen LogP contribution in [0.25, 0.3) is 0 Å². The van der Waals surface area contributed by atoms with Crippen LogP contribution in [-0.4, -0.2) is 59.9 Å². The second-order valence-corrected chi connectivity index (χ2v) is 7.44. The van der Waals surface area contributed by atoms with E-state index >= 15 is 0 Å². The fourth-order valence-electron chi connectivity index (χ4n) is 3.62. The van der Waals surface area contributed by atoms with E-state index < -0.39 is 12.1 Å². The fourth-order valence-corrected chi connectivity index (χ4v) is 3.62. The van der Waals surface area contributed by atoms with Gasteiger partial charge in [-0.15, -0.1) is 0 Å². The molecular formula is C23H28N2O5. The van der Waals surface area contributed by atoms with Gasteiger partial charge in [0.25, 0.3) is 0 Å². The fraction of sp³-hybridized carbons (Fsp3) is 0.391. The third-order valence-corrected chi connectivity index (χ3v) is 5.41. The van der Waals surface area contributed by atoms with Crippen molar-refractivity contribution < 1.29 is 24.2 Å². The van der Waals surface area contributed by atoms with Gasteiger partial charge in [-0.05, 0) is 17.5 Å². The number of amides is 2. The molecule has 2 aromatic rings. The zero-order chi connectivity index (χ0) is 21.3. The predicted octanol–water partition coefficient (Wildman–Crippen LogP) is 3.27. The van der Waals surface area contributed by atoms with E-state index in [4.69, 9.17) is 9.47 Å². The Labute approximate surface area is 176 Å². The van der Waals surface area contributed by atoms with Gasteiger partial charge in [0.2, 0.25) is 0 Å². The highest BCUT2D eigenvalue weighted by molar-refractivity contribution is 5.69. The highest BCUT2D eigenvalue weighted by atomic mass is 16.6. The highest BCUT2D eigenvalue weighted by Gasteiger charge is 2.36. The van der Waals surface area contributed by atoms with Crippen LogP contribution in [0.1, 0.15) is 17.5 Å². The first-order valence-electron chi connectivity index (χ1n) is 10.1. The molecule has 2 atom stereocenters. The van der Waals surface area contributed by atoms with Crippen molar-refractivity contribution in [1.82, 2.24) is 9.80 Å². The summed E-state index contributed by atoms with van der Waals surface area (Å²) in [6.07, 6.45) is -0.197. The largest absolute Gasteiger partial charge is 0.445 e. The maximum Gasteiger partial charge on any atom is 0.410 e. The first-order valence-corrected chi connectivity index (χ1v) is 10.1. The first-order chi connectivity index (χ1) is 14.6. The molecule has 7 nitrogen and oxygen atoms in total. The third kappa shape index (κ3) is 5.73. The van der Waals surface area contributed by atoms with Crippen LogP contribution < -0.4 is 0 Å². The van der Waals surface area contributed by atoms with Crippen molar-refractivity contribution in [2.75, 3.05) is 26.7 Å². The summed E-state index contributed by atoms with van der Waals surface area (Å²) in [4.78, 5) is 27.9. The predicted molar refractivity (Wildman–Crippen MR) is 112 cm³/mol. The number of rotatable bonds is 7. The Morgan fingerprint density at radius 2 is 1.60 bits per heavy atom. The molecule has 1 aliphatic rings. The van der Waals surface area contributed by atoms with Gasteiger partial charge in [0.15, 0.2) is 0 Å². The molecule has 0 spiro atoms. The van der Waals surface area contributed by atoms with Gasteiger partial charge in [-0.3, -0.25) is 0 Å². The first kappa shape index (κ1) is 21.6. The monoisotopic (exact) mass is 412 g/mol. The van der Waals surface area contributed by atoms with E-state index in [0.717, 1.165) is 11.1 Å². The van der Waals surface area contributed by atoms with Crippen LogP contribution >= 0.6 is 0 Å². The summed E-state index contributed by atoms with van der Waals surface area (Å²) in [5.74, 6) is -0.0476. The number of hydrogen-bond donors (Lipinski definition) is 1. The molecule has 0 aromatic heterocycles. The Morgan fingerprint density at radius 1 is 1.03 bits per heavy atom. The average molecular weight is 412 g/mol. The molecular weight excluding hydrogens is 384 g/mol. The number of carbonyl (C=O) groups is 2. The van der Waals surface area contributed by atoms with Crippen molar-refractivity contribution >= 4 is 12.2 Å². The lowest BCUT2D eigenvalue weighted by Crippen LogP contribution is -2.45. The normalized spacial score (nSPS) is 16.7. The Hall–Kier alpha value is -3.06. The van der Waals surface area contributed by atoms with Crippen molar-refractivity contribution in [2.24, 2.45) is 5.92 Å². The van der Waals surface area contributed by atoms with E-state index in [2.05, 4.69) is 0 Å². The van der Waals surface area contributed by atoms with Crippen molar-refractivity contribution in [3.05, 3.63) is 71.8 Å². The Kier molecular flexibility index (Phi) is 7.68. The molecule has 0 radical (unpaired) electrons. The number of benzene rings is 2. The van der Waals surface area contributed by atoms with E-state index in [1.54, 1.807) is 11.9 Å². The molecule has 2 aromatic carbocycles. The zero-order valence-electron chi connectivity index (χ0n) is 17.1. The van der Waals surface area contributed by atoms with E-state index in [9.17, 15) is 14.7 Å². The van der Waals surface area contributed by atoms with Gasteiger partial charge in [-0.25, -0.2) is 9.59 Å². The lowest BCUT2D eigenvalue weighted by atomic mass is 9.99. The van der Waals surface area contributed by atoms with Gasteiger partial charge in [0.05, 0.1) is 12.6 Å². The van der Waals surface area contributed by atoms with Gasteiger partial charge >= 0.3 is 12.2 Å². The summed E-state index contributed by atoms with van der Waals surface area (Å²) in [7, 11) is 1.62. The second-order valence-electron chi connectivity index (χ2n) is 7.44. The van der Waals surface area contributed by atoms with Gasteiger partial charge < -0.3 is 24.4 Å². The molecule has 1 fully saturated rings. The minimum absolute atomic E-state index is 0.0476. The summed E-state index contributed by atoms with van der Waals surface area (Å²) in [6.45, 7) is 1.14. The van der Waals surface area contributed by atoms with Crippen LogP contribution in [0.4, 0.5) is 9.59 Å². The van der Waals surface area contributed by atoms with Crippen molar-refractivity contribution in [1.29, 1.82) is 0 Å². The van der Waals surface area contributed by atoms with Crippen LogP contribution in [0.2, 0.25) is 0 Å². The number of likely N-dealkylation sites (N-methyl/N-ethyl adjacent to an activating group) is 1. The number of ether oxygens (including phenoxy) is 2. The number of hydrogen-bond acceptors (Lipinski definition) is 5. The summed E-state index contributed by atoms with van der Waals surface area (Å²) in [5, 5.41) is 9.88. The maximum absolute atomic E-state index is 12.4. The maximum atomic E-state index is 12.4. The number of aliphatic hydroxyl groups excluding tert-OH is 1. The van der Waals surface area contributed by atoms with Crippen molar-refractivity contribution in [3.63, 3.8) is 0 Å². The van der Waals surface area contributed by atoms with Crippen LogP contribution in [0, 0.1) is 5.92 Å². The van der Waals surface area contributed by atoms with E-state index in [1.807, 2.05) is 60.7 Å². The molecule has 1 heterocycles. The number of aliphatic hydroxyl groups is 1. The lowest BCUT2D eigenvalue weighted by molar-refractivity contribution is 0.0580. The van der Waals surface area contributed by atoms with Crippen molar-refractivity contribution in [2.45, 2.75) is 25.7 Å². The van der Waals surface area contributed by atoms with Crippen LogP contribution in [0.15, 0.2) is 60.7 Å². The molecule has 0 bridgehead atoms. The molecule has 1 saturated heterocycles. The molecule has 2 amide bonds. The summed E-state index contributed by atoms with van der Waals surface area (Å²) in [6, 6.07) is 18.5. The Morgan fingerprint density at radius 3 is 2.17 bits per heavy atom. The molecule has 160 valence electrons. The number of likely N-dealkylation sites (tertiary alicyclic amines) is 1. The standard InChI is InChI=1S/C23H28N2O5/c1-24(22(27)29-16-18-8-4-2-5-9-18)21(15-26)20-12-13-25(14-20)23(28)30-17-19-10-6-3-7-11-19/h2-11,20-21,26H,12-17H2,1H3/t20-,21+/m1/s1. The van der Waals surface area contributed by atoms with Gasteiger partial charge in [0, 0.05) is 26.1 Å². The molecule has 0 saturated carbocycles. The van der Waals surface area contributed by atoms with E-state index in [0.29, 0.717) is 19.5 Å². The molecule has 7 heteroatoms. The van der Waals surface area contributed by atoms with E-state index in [1.165, 1.54) is 4.90 Å². The summed E-state index contributed by atoms with van der Waals surface area (Å²) in [5.41, 5.74) is 1.82. The van der Waals surface area contributed by atoms with Crippen LogP contribution in [0.5, 0.6) is 0 Å². The minimum Gasteiger partial charge on any atom is -0.445 e. The third-order valence-electron chi connectivity index (χ3n) is 5.41. The average Bonchev–Trinajstić information content (AvgIpc) is 3.27. The quantitative estimate of drug-likeness (QED) is 0.755. The molecule has 3 rings (SSSR count). The zero-order valence-corrected chi connectivity index (χ0v) is 17.1. The summed E-state index contributed by atoms with van der Waals surface area (Å²) < 4.78 is 10.8. The molecule has 1 N–H and O–H groups in total. The minimum atomic E-state index is -0.497. The van der Waals surface area contributed by atoms with Crippen molar-refractivity contribution in [3.8, 4) is 0 Å². The van der Waals surface area contributed by atoms with Crippen LogP contribution in [0.3, 0.4) is 0 Å². The lowest BCUT2D eigenvalue weighted by Gasteiger charge is -2.30. The molecule has 0 unspecified atom stereocenters. The Bertz CT molecular complexity index is 815. The van der Waals surface area contributed by atoms with Gasteiger partial charge in [-0.2, -0.15) is 0 Å². The SMILES string of the molecule is CN(C(=O)OCc1ccccc1)[C@@H](CO)[C@@H]1CCN(C(=O)OCc2ccccc2)C1. The molecule has 1 aliphatic heterocycles. The highest BCUT2D eigenvalue weighted by Crippen LogP contribution is 2.24. The smallest absolute Gasteiger partial charge is 0.410 e. The Balaban J connectivity index is 1.48. The molecule has 0 aliphatic carbocycles. The van der Waals surface area contributed by atoms with E-state index in [-0.39, 0.29) is 31.8 Å². The number of nitrogens with zero attached hydrogens (tertiary/aromatic N) is 2. The summed E-state index contributed by atoms with van der Waals surface area (Å²) >= 11 is 0.